The Morgan fingerprint density at radius 1 is 1.15 bits per heavy atom. The minimum absolute atomic E-state index is 0.288. The number of hydrogen-bond acceptors (Lipinski definition) is 6. The molecule has 5 rings (SSSR count). The van der Waals surface area contributed by atoms with Gasteiger partial charge in [-0.15, -0.1) is 0 Å². The molecule has 0 bridgehead atoms. The van der Waals surface area contributed by atoms with Crippen LogP contribution in [0.2, 0.25) is 10.0 Å². The van der Waals surface area contributed by atoms with Crippen LogP contribution in [0.25, 0.3) is 22.2 Å². The summed E-state index contributed by atoms with van der Waals surface area (Å²) in [4.78, 5) is 10.3. The van der Waals surface area contributed by atoms with E-state index in [1.54, 1.807) is 25.4 Å². The first-order chi connectivity index (χ1) is 16.4. The Morgan fingerprint density at radius 2 is 1.91 bits per heavy atom. The summed E-state index contributed by atoms with van der Waals surface area (Å²) >= 11 is 12.6. The number of H-pyrrole nitrogens is 1. The van der Waals surface area contributed by atoms with Crippen LogP contribution in [0.15, 0.2) is 36.8 Å². The Kier molecular flexibility index (Phi) is 5.95. The lowest BCUT2D eigenvalue weighted by atomic mass is 10.0. The van der Waals surface area contributed by atoms with Gasteiger partial charge in [0.2, 0.25) is 0 Å². The molecule has 1 aliphatic heterocycles. The molecule has 1 aliphatic rings. The highest BCUT2D eigenvalue weighted by atomic mass is 35.5. The molecule has 3 aromatic heterocycles. The van der Waals surface area contributed by atoms with E-state index in [9.17, 15) is 4.39 Å². The fourth-order valence-electron chi connectivity index (χ4n) is 4.16. The van der Waals surface area contributed by atoms with Crippen molar-refractivity contribution in [1.29, 1.82) is 0 Å². The minimum Gasteiger partial charge on any atom is -0.493 e. The van der Waals surface area contributed by atoms with E-state index in [4.69, 9.17) is 32.7 Å². The van der Waals surface area contributed by atoms with Crippen LogP contribution in [0.5, 0.6) is 11.5 Å². The molecular formula is C24H22Cl2FN5O2. The number of aromatic nitrogens is 4. The number of rotatable bonds is 6. The molecule has 176 valence electrons. The fraction of sp³-hybridized carbons (Fsp3) is 0.292. The molecule has 1 N–H and O–H groups in total. The summed E-state index contributed by atoms with van der Waals surface area (Å²) in [5.41, 5.74) is 2.46. The van der Waals surface area contributed by atoms with Gasteiger partial charge in [0, 0.05) is 53.8 Å². The highest BCUT2D eigenvalue weighted by Gasteiger charge is 2.28. The number of nitrogens with zero attached hydrogens (tertiary/aromatic N) is 4. The Hall–Kier alpha value is -3.10. The number of hydrogen-bond donors (Lipinski definition) is 1. The maximum atomic E-state index is 14.9. The van der Waals surface area contributed by atoms with E-state index in [2.05, 4.69) is 27.1 Å². The number of benzene rings is 1. The number of aromatic amines is 1. The van der Waals surface area contributed by atoms with E-state index in [1.165, 1.54) is 18.5 Å². The Labute approximate surface area is 205 Å². The summed E-state index contributed by atoms with van der Waals surface area (Å²) in [6, 6.07) is 5.34. The topological polar surface area (TPSA) is 76.2 Å². The summed E-state index contributed by atoms with van der Waals surface area (Å²) < 4.78 is 26.6. The zero-order valence-corrected chi connectivity index (χ0v) is 20.3. The molecule has 1 saturated heterocycles. The second-order valence-corrected chi connectivity index (χ2v) is 9.07. The van der Waals surface area contributed by atoms with E-state index in [1.807, 2.05) is 11.8 Å². The van der Waals surface area contributed by atoms with Crippen LogP contribution in [-0.2, 0) is 0 Å². The van der Waals surface area contributed by atoms with Crippen LogP contribution in [0.3, 0.4) is 0 Å². The smallest absolute Gasteiger partial charge is 0.166 e. The summed E-state index contributed by atoms with van der Waals surface area (Å²) in [5.74, 6) is 0.963. The third-order valence-corrected chi connectivity index (χ3v) is 6.74. The molecule has 1 unspecified atom stereocenters. The van der Waals surface area contributed by atoms with Crippen molar-refractivity contribution in [2.24, 2.45) is 0 Å². The van der Waals surface area contributed by atoms with Gasteiger partial charge >= 0.3 is 0 Å². The lowest BCUT2D eigenvalue weighted by Crippen LogP contribution is -2.46. The first-order valence-corrected chi connectivity index (χ1v) is 11.6. The molecule has 0 spiro atoms. The van der Waals surface area contributed by atoms with Gasteiger partial charge in [-0.3, -0.25) is 10.1 Å². The van der Waals surface area contributed by atoms with Gasteiger partial charge in [-0.25, -0.2) is 9.37 Å². The number of ether oxygens (including phenoxy) is 2. The van der Waals surface area contributed by atoms with Crippen LogP contribution in [-0.4, -0.2) is 39.9 Å². The Morgan fingerprint density at radius 3 is 2.53 bits per heavy atom. The Balaban J connectivity index is 1.52. The molecule has 2 atom stereocenters. The van der Waals surface area contributed by atoms with Crippen molar-refractivity contribution >= 4 is 39.9 Å². The number of halogens is 3. The van der Waals surface area contributed by atoms with Crippen molar-refractivity contribution in [3.8, 4) is 22.8 Å². The normalized spacial score (nSPS) is 16.4. The zero-order valence-electron chi connectivity index (χ0n) is 18.8. The van der Waals surface area contributed by atoms with Gasteiger partial charge in [-0.05, 0) is 32.4 Å². The van der Waals surface area contributed by atoms with Gasteiger partial charge in [0.05, 0.1) is 22.7 Å². The molecule has 1 aromatic carbocycles. The van der Waals surface area contributed by atoms with Crippen molar-refractivity contribution in [3.05, 3.63) is 58.2 Å². The molecule has 34 heavy (non-hydrogen) atoms. The van der Waals surface area contributed by atoms with Crippen LogP contribution in [0.4, 0.5) is 10.2 Å². The number of fused-ring (bicyclic) bond motifs is 1. The van der Waals surface area contributed by atoms with Crippen LogP contribution < -0.4 is 14.4 Å². The highest BCUT2D eigenvalue weighted by Crippen LogP contribution is 2.40. The van der Waals surface area contributed by atoms with Crippen molar-refractivity contribution in [3.63, 3.8) is 0 Å². The van der Waals surface area contributed by atoms with Gasteiger partial charge in [0.15, 0.2) is 23.1 Å². The van der Waals surface area contributed by atoms with Crippen molar-refractivity contribution in [2.75, 3.05) is 18.6 Å². The average Bonchev–Trinajstić information content (AvgIpc) is 3.21. The first-order valence-electron chi connectivity index (χ1n) is 10.8. The van der Waals surface area contributed by atoms with E-state index in [0.717, 1.165) is 18.4 Å². The molecule has 7 nitrogen and oxygen atoms in total. The predicted octanol–water partition coefficient (Wildman–Crippen LogP) is 6.21. The average molecular weight is 502 g/mol. The maximum Gasteiger partial charge on any atom is 0.166 e. The predicted molar refractivity (Wildman–Crippen MR) is 131 cm³/mol. The van der Waals surface area contributed by atoms with Gasteiger partial charge in [0.25, 0.3) is 0 Å². The van der Waals surface area contributed by atoms with Crippen LogP contribution in [0.1, 0.15) is 31.9 Å². The van der Waals surface area contributed by atoms with Crippen molar-refractivity contribution < 1.29 is 13.9 Å². The van der Waals surface area contributed by atoms with Gasteiger partial charge < -0.3 is 14.4 Å². The molecule has 1 fully saturated rings. The van der Waals surface area contributed by atoms with E-state index in [0.29, 0.717) is 49.7 Å². The fourth-order valence-corrected chi connectivity index (χ4v) is 4.83. The van der Waals surface area contributed by atoms with Gasteiger partial charge in [-0.2, -0.15) is 5.10 Å². The molecule has 10 heteroatoms. The summed E-state index contributed by atoms with van der Waals surface area (Å²) in [7, 11) is 1.55. The summed E-state index contributed by atoms with van der Waals surface area (Å²) in [6.07, 6.45) is 5.23. The third-order valence-electron chi connectivity index (χ3n) is 6.13. The molecule has 0 radical (unpaired) electrons. The van der Waals surface area contributed by atoms with Crippen molar-refractivity contribution in [1.82, 2.24) is 20.2 Å². The Bertz CT molecular complexity index is 1360. The standard InChI is InChI=1S/C24H22Cl2FN5O2/c1-12-4-5-32(12)24-18(27)6-14(9-29-24)23-15-7-21(20(33-3)8-19(15)30-31-23)34-13(2)22-16(25)10-28-11-17(22)26/h6-13H,4-5H2,1-3H3,(H,30,31)/t12?,13-/m1/s1. The monoisotopic (exact) mass is 501 g/mol. The second-order valence-electron chi connectivity index (χ2n) is 8.26. The molecule has 4 aromatic rings. The quantitative estimate of drug-likeness (QED) is 0.338. The number of anilines is 1. The molecule has 4 heterocycles. The summed E-state index contributed by atoms with van der Waals surface area (Å²) in [5, 5.41) is 8.93. The van der Waals surface area contributed by atoms with Gasteiger partial charge in [0.1, 0.15) is 11.8 Å². The van der Waals surface area contributed by atoms with Crippen LogP contribution in [0, 0.1) is 5.82 Å². The number of nitrogens with one attached hydrogen (secondary N) is 1. The zero-order chi connectivity index (χ0) is 24.0. The lowest BCUT2D eigenvalue weighted by Gasteiger charge is -2.39. The minimum atomic E-state index is -0.485. The maximum absolute atomic E-state index is 14.9. The number of pyridine rings is 2. The third kappa shape index (κ3) is 3.91. The SMILES string of the molecule is COc1cc2[nH]nc(-c3cnc(N4CCC4C)c(F)c3)c2cc1O[C@H](C)c1c(Cl)cncc1Cl. The van der Waals surface area contributed by atoms with Crippen LogP contribution >= 0.6 is 23.2 Å². The first kappa shape index (κ1) is 22.7. The molecule has 0 amide bonds. The van der Waals surface area contributed by atoms with Crippen molar-refractivity contribution in [2.45, 2.75) is 32.4 Å². The lowest BCUT2D eigenvalue weighted by molar-refractivity contribution is 0.216. The highest BCUT2D eigenvalue weighted by molar-refractivity contribution is 6.35. The summed E-state index contributed by atoms with van der Waals surface area (Å²) in [6.45, 7) is 4.70. The number of methoxy groups -OCH3 is 1. The van der Waals surface area contributed by atoms with Gasteiger partial charge in [-0.1, -0.05) is 23.2 Å². The van der Waals surface area contributed by atoms with E-state index >= 15 is 0 Å². The molecular weight excluding hydrogens is 480 g/mol. The van der Waals surface area contributed by atoms with E-state index in [-0.39, 0.29) is 11.9 Å². The second kappa shape index (κ2) is 8.92. The molecule has 0 saturated carbocycles. The molecule has 0 aliphatic carbocycles. The van der Waals surface area contributed by atoms with E-state index < -0.39 is 6.10 Å². The largest absolute Gasteiger partial charge is 0.493 e.